The molecule has 2 unspecified atom stereocenters. The van der Waals surface area contributed by atoms with Crippen molar-refractivity contribution in [1.82, 2.24) is 15.5 Å². The summed E-state index contributed by atoms with van der Waals surface area (Å²) in [6.45, 7) is 8.20. The summed E-state index contributed by atoms with van der Waals surface area (Å²) in [7, 11) is 0. The maximum absolute atomic E-state index is 12.5. The highest BCUT2D eigenvalue weighted by Gasteiger charge is 2.40. The SMILES string of the molecule is CCC(CC)CNCCCCCCN1C2CCC1CC(NC(=O)c1ccccc1)C2. The highest BCUT2D eigenvalue weighted by Crippen LogP contribution is 2.36. The van der Waals surface area contributed by atoms with Gasteiger partial charge in [0, 0.05) is 23.7 Å². The first kappa shape index (κ1) is 23.3. The Labute approximate surface area is 184 Å². The van der Waals surface area contributed by atoms with Crippen molar-refractivity contribution in [3.8, 4) is 0 Å². The van der Waals surface area contributed by atoms with Gasteiger partial charge < -0.3 is 10.6 Å². The van der Waals surface area contributed by atoms with Crippen molar-refractivity contribution in [1.29, 1.82) is 0 Å². The van der Waals surface area contributed by atoms with Crippen LogP contribution in [-0.2, 0) is 0 Å². The molecule has 2 saturated heterocycles. The summed E-state index contributed by atoms with van der Waals surface area (Å²) in [5.74, 6) is 0.937. The lowest BCUT2D eigenvalue weighted by Crippen LogP contribution is -2.50. The van der Waals surface area contributed by atoms with E-state index in [0.717, 1.165) is 24.3 Å². The lowest BCUT2D eigenvalue weighted by molar-refractivity contribution is 0.0841. The van der Waals surface area contributed by atoms with Crippen molar-refractivity contribution in [3.05, 3.63) is 35.9 Å². The van der Waals surface area contributed by atoms with Crippen molar-refractivity contribution in [3.63, 3.8) is 0 Å². The molecule has 1 aromatic rings. The Morgan fingerprint density at radius 2 is 1.67 bits per heavy atom. The molecule has 4 nitrogen and oxygen atoms in total. The number of amides is 1. The molecule has 1 aromatic carbocycles. The van der Waals surface area contributed by atoms with Gasteiger partial charge in [-0.1, -0.05) is 57.7 Å². The molecule has 2 fully saturated rings. The summed E-state index contributed by atoms with van der Waals surface area (Å²) >= 11 is 0. The van der Waals surface area contributed by atoms with Crippen LogP contribution in [0.3, 0.4) is 0 Å². The summed E-state index contributed by atoms with van der Waals surface area (Å²) in [6.07, 6.45) is 12.7. The number of hydrogen-bond acceptors (Lipinski definition) is 3. The minimum atomic E-state index is 0.0891. The van der Waals surface area contributed by atoms with Crippen molar-refractivity contribution in [2.75, 3.05) is 19.6 Å². The van der Waals surface area contributed by atoms with Gasteiger partial charge in [-0.25, -0.2) is 0 Å². The Morgan fingerprint density at radius 3 is 2.33 bits per heavy atom. The zero-order valence-electron chi connectivity index (χ0n) is 19.2. The van der Waals surface area contributed by atoms with Gasteiger partial charge >= 0.3 is 0 Å². The minimum absolute atomic E-state index is 0.0891. The van der Waals surface area contributed by atoms with Gasteiger partial charge in [-0.3, -0.25) is 9.69 Å². The van der Waals surface area contributed by atoms with E-state index in [9.17, 15) is 4.79 Å². The van der Waals surface area contributed by atoms with Crippen LogP contribution in [0, 0.1) is 5.92 Å². The minimum Gasteiger partial charge on any atom is -0.349 e. The van der Waals surface area contributed by atoms with E-state index in [2.05, 4.69) is 29.4 Å². The Morgan fingerprint density at radius 1 is 1.00 bits per heavy atom. The van der Waals surface area contributed by atoms with Crippen LogP contribution in [0.15, 0.2) is 30.3 Å². The molecule has 168 valence electrons. The van der Waals surface area contributed by atoms with Crippen molar-refractivity contribution < 1.29 is 4.79 Å². The maximum Gasteiger partial charge on any atom is 0.251 e. The van der Waals surface area contributed by atoms with Crippen LogP contribution in [0.5, 0.6) is 0 Å². The van der Waals surface area contributed by atoms with Gasteiger partial charge in [-0.15, -0.1) is 0 Å². The first-order valence-electron chi connectivity index (χ1n) is 12.5. The number of carbonyl (C=O) groups excluding carboxylic acids is 1. The first-order chi connectivity index (χ1) is 14.7. The summed E-state index contributed by atoms with van der Waals surface area (Å²) in [4.78, 5) is 15.2. The van der Waals surface area contributed by atoms with E-state index in [0.29, 0.717) is 18.1 Å². The molecule has 2 bridgehead atoms. The number of benzene rings is 1. The van der Waals surface area contributed by atoms with Crippen molar-refractivity contribution >= 4 is 5.91 Å². The van der Waals surface area contributed by atoms with Crippen LogP contribution >= 0.6 is 0 Å². The average Bonchev–Trinajstić information content (AvgIpc) is 3.01. The van der Waals surface area contributed by atoms with Crippen LogP contribution in [0.2, 0.25) is 0 Å². The Kier molecular flexibility index (Phi) is 9.67. The molecule has 2 N–H and O–H groups in total. The summed E-state index contributed by atoms with van der Waals surface area (Å²) in [5, 5.41) is 6.94. The molecule has 0 aliphatic carbocycles. The van der Waals surface area contributed by atoms with Crippen LogP contribution in [0.1, 0.15) is 88.4 Å². The third-order valence-electron chi connectivity index (χ3n) is 7.36. The van der Waals surface area contributed by atoms with Crippen LogP contribution in [0.25, 0.3) is 0 Å². The third kappa shape index (κ3) is 6.81. The molecular weight excluding hydrogens is 370 g/mol. The molecule has 0 saturated carbocycles. The average molecular weight is 414 g/mol. The predicted molar refractivity (Wildman–Crippen MR) is 126 cm³/mol. The van der Waals surface area contributed by atoms with Crippen LogP contribution in [0.4, 0.5) is 0 Å². The number of carbonyl (C=O) groups is 1. The monoisotopic (exact) mass is 413 g/mol. The van der Waals surface area contributed by atoms with Crippen LogP contribution < -0.4 is 10.6 Å². The smallest absolute Gasteiger partial charge is 0.251 e. The molecule has 1 amide bonds. The second-order valence-electron chi connectivity index (χ2n) is 9.43. The van der Waals surface area contributed by atoms with E-state index >= 15 is 0 Å². The highest BCUT2D eigenvalue weighted by atomic mass is 16.1. The second kappa shape index (κ2) is 12.5. The Balaban J connectivity index is 1.28. The van der Waals surface area contributed by atoms with E-state index in [1.165, 1.54) is 71.0 Å². The maximum atomic E-state index is 12.5. The molecule has 3 rings (SSSR count). The molecule has 0 aromatic heterocycles. The molecule has 2 aliphatic rings. The van der Waals surface area contributed by atoms with Gasteiger partial charge in [-0.05, 0) is 76.2 Å². The third-order valence-corrected chi connectivity index (χ3v) is 7.36. The van der Waals surface area contributed by atoms with E-state index in [4.69, 9.17) is 0 Å². The van der Waals surface area contributed by atoms with Gasteiger partial charge in [0.1, 0.15) is 0 Å². The molecule has 2 heterocycles. The number of fused-ring (bicyclic) bond motifs is 2. The molecule has 0 radical (unpaired) electrons. The quantitative estimate of drug-likeness (QED) is 0.447. The fraction of sp³-hybridized carbons (Fsp3) is 0.731. The molecule has 2 atom stereocenters. The highest BCUT2D eigenvalue weighted by molar-refractivity contribution is 5.94. The summed E-state index contributed by atoms with van der Waals surface area (Å²) < 4.78 is 0. The van der Waals surface area contributed by atoms with E-state index in [1.807, 2.05) is 30.3 Å². The van der Waals surface area contributed by atoms with Gasteiger partial charge in [0.25, 0.3) is 5.91 Å². The molecule has 0 spiro atoms. The number of piperidine rings is 1. The largest absolute Gasteiger partial charge is 0.349 e. The fourth-order valence-corrected chi connectivity index (χ4v) is 5.40. The van der Waals surface area contributed by atoms with E-state index in [1.54, 1.807) is 0 Å². The summed E-state index contributed by atoms with van der Waals surface area (Å²) in [6, 6.07) is 11.3. The van der Waals surface area contributed by atoms with E-state index in [-0.39, 0.29) is 5.91 Å². The molecule has 2 aliphatic heterocycles. The normalized spacial score (nSPS) is 23.8. The number of nitrogens with one attached hydrogen (secondary N) is 2. The standard InChI is InChI=1S/C26H43N3O/c1-3-21(4-2)20-27-16-10-5-6-11-17-29-24-14-15-25(29)19-23(18-24)28-26(30)22-12-8-7-9-13-22/h7-9,12-13,21,23-25,27H,3-6,10-11,14-20H2,1-2H3,(H,28,30). The van der Waals surface area contributed by atoms with Crippen molar-refractivity contribution in [2.24, 2.45) is 5.92 Å². The second-order valence-corrected chi connectivity index (χ2v) is 9.43. The lowest BCUT2D eigenvalue weighted by atomic mass is 9.96. The van der Waals surface area contributed by atoms with Crippen molar-refractivity contribution in [2.45, 2.75) is 96.2 Å². The number of nitrogens with zero attached hydrogens (tertiary/aromatic N) is 1. The number of unbranched alkanes of at least 4 members (excludes halogenated alkanes) is 3. The zero-order valence-corrected chi connectivity index (χ0v) is 19.2. The summed E-state index contributed by atoms with van der Waals surface area (Å²) in [5.41, 5.74) is 0.779. The predicted octanol–water partition coefficient (Wildman–Crippen LogP) is 5.00. The number of hydrogen-bond donors (Lipinski definition) is 2. The Hall–Kier alpha value is -1.39. The van der Waals surface area contributed by atoms with Gasteiger partial charge in [-0.2, -0.15) is 0 Å². The number of rotatable bonds is 13. The van der Waals surface area contributed by atoms with Gasteiger partial charge in [0.05, 0.1) is 0 Å². The first-order valence-corrected chi connectivity index (χ1v) is 12.5. The fourth-order valence-electron chi connectivity index (χ4n) is 5.40. The lowest BCUT2D eigenvalue weighted by Gasteiger charge is -2.39. The molecular formula is C26H43N3O. The van der Waals surface area contributed by atoms with Crippen LogP contribution in [-0.4, -0.2) is 48.6 Å². The van der Waals surface area contributed by atoms with E-state index < -0.39 is 0 Å². The Bertz CT molecular complexity index is 602. The van der Waals surface area contributed by atoms with Gasteiger partial charge in [0.2, 0.25) is 0 Å². The topological polar surface area (TPSA) is 44.4 Å². The van der Waals surface area contributed by atoms with Gasteiger partial charge in [0.15, 0.2) is 0 Å². The molecule has 4 heteroatoms. The molecule has 30 heavy (non-hydrogen) atoms. The zero-order chi connectivity index (χ0) is 21.2.